The van der Waals surface area contributed by atoms with Gasteiger partial charge in [0.1, 0.15) is 0 Å². The molecule has 2 aromatic carbocycles. The molecule has 0 saturated carbocycles. The second-order valence-electron chi connectivity index (χ2n) is 5.88. The maximum absolute atomic E-state index is 4.98. The van der Waals surface area contributed by atoms with E-state index in [9.17, 15) is 0 Å². The van der Waals surface area contributed by atoms with E-state index in [2.05, 4.69) is 67.4 Å². The summed E-state index contributed by atoms with van der Waals surface area (Å²) in [6, 6.07) is 20.9. The van der Waals surface area contributed by atoms with E-state index in [0.717, 1.165) is 36.3 Å². The SMILES string of the molecule is CC1=C(C)CN(N=C(c2ccccc2)c2ccccc2)CC1. The zero-order valence-corrected chi connectivity index (χ0v) is 13.3. The standard InChI is InChI=1S/C20H22N2/c1-16-13-14-22(15-17(16)2)21-20(18-9-5-3-6-10-18)19-11-7-4-8-12-19/h3-12H,13-15H2,1-2H3. The van der Waals surface area contributed by atoms with Gasteiger partial charge in [-0.05, 0) is 20.3 Å². The molecule has 3 rings (SSSR count). The third-order valence-electron chi connectivity index (χ3n) is 4.23. The van der Waals surface area contributed by atoms with E-state index in [0.29, 0.717) is 0 Å². The Hall–Kier alpha value is -2.35. The Balaban J connectivity index is 1.98. The van der Waals surface area contributed by atoms with Gasteiger partial charge in [0.25, 0.3) is 0 Å². The Morgan fingerprint density at radius 1 is 0.818 bits per heavy atom. The van der Waals surface area contributed by atoms with Crippen molar-refractivity contribution in [1.82, 2.24) is 5.01 Å². The highest BCUT2D eigenvalue weighted by atomic mass is 15.5. The van der Waals surface area contributed by atoms with Gasteiger partial charge in [0.05, 0.1) is 12.3 Å². The van der Waals surface area contributed by atoms with E-state index in [1.807, 2.05) is 12.1 Å². The molecule has 1 heterocycles. The first kappa shape index (κ1) is 14.6. The highest BCUT2D eigenvalue weighted by molar-refractivity contribution is 6.12. The molecule has 0 saturated heterocycles. The summed E-state index contributed by atoms with van der Waals surface area (Å²) >= 11 is 0. The summed E-state index contributed by atoms with van der Waals surface area (Å²) in [4.78, 5) is 0. The molecule has 0 spiro atoms. The van der Waals surface area contributed by atoms with Gasteiger partial charge in [-0.3, -0.25) is 5.01 Å². The van der Waals surface area contributed by atoms with Crippen LogP contribution in [0.15, 0.2) is 76.9 Å². The van der Waals surface area contributed by atoms with Gasteiger partial charge in [-0.15, -0.1) is 0 Å². The minimum atomic E-state index is 0.926. The largest absolute Gasteiger partial charge is 0.292 e. The summed E-state index contributed by atoms with van der Waals surface area (Å²) in [5.74, 6) is 0. The zero-order valence-electron chi connectivity index (χ0n) is 13.3. The molecule has 0 atom stereocenters. The topological polar surface area (TPSA) is 15.6 Å². The van der Waals surface area contributed by atoms with Crippen LogP contribution in [0.1, 0.15) is 31.4 Å². The van der Waals surface area contributed by atoms with E-state index in [1.54, 1.807) is 0 Å². The first-order valence-electron chi connectivity index (χ1n) is 7.83. The predicted octanol–water partition coefficient (Wildman–Crippen LogP) is 4.48. The Morgan fingerprint density at radius 3 is 1.86 bits per heavy atom. The van der Waals surface area contributed by atoms with Crippen LogP contribution in [0.25, 0.3) is 0 Å². The third-order valence-corrected chi connectivity index (χ3v) is 4.23. The fourth-order valence-corrected chi connectivity index (χ4v) is 2.70. The normalized spacial score (nSPS) is 14.9. The van der Waals surface area contributed by atoms with Crippen LogP contribution in [0.2, 0.25) is 0 Å². The molecule has 22 heavy (non-hydrogen) atoms. The lowest BCUT2D eigenvalue weighted by atomic mass is 10.0. The predicted molar refractivity (Wildman–Crippen MR) is 93.1 cm³/mol. The molecule has 0 radical (unpaired) electrons. The number of benzene rings is 2. The van der Waals surface area contributed by atoms with Crippen LogP contribution >= 0.6 is 0 Å². The molecule has 1 aliphatic heterocycles. The third kappa shape index (κ3) is 3.28. The lowest BCUT2D eigenvalue weighted by Gasteiger charge is -2.27. The molecule has 0 aliphatic carbocycles. The lowest BCUT2D eigenvalue weighted by Crippen LogP contribution is -2.27. The molecule has 0 amide bonds. The maximum atomic E-state index is 4.98. The van der Waals surface area contributed by atoms with E-state index in [1.165, 1.54) is 11.1 Å². The smallest absolute Gasteiger partial charge is 0.0976 e. The van der Waals surface area contributed by atoms with Gasteiger partial charge in [0, 0.05) is 17.7 Å². The van der Waals surface area contributed by atoms with Crippen molar-refractivity contribution >= 4 is 5.71 Å². The van der Waals surface area contributed by atoms with Crippen molar-refractivity contribution in [1.29, 1.82) is 0 Å². The number of rotatable bonds is 3. The molecular formula is C20H22N2. The van der Waals surface area contributed by atoms with Crippen LogP contribution in [0.3, 0.4) is 0 Å². The van der Waals surface area contributed by atoms with E-state index < -0.39 is 0 Å². The van der Waals surface area contributed by atoms with Crippen molar-refractivity contribution in [3.05, 3.63) is 82.9 Å². The number of hydrazone groups is 1. The summed E-state index contributed by atoms with van der Waals surface area (Å²) in [5, 5.41) is 7.17. The molecule has 112 valence electrons. The minimum absolute atomic E-state index is 0.926. The van der Waals surface area contributed by atoms with E-state index >= 15 is 0 Å². The molecule has 0 fully saturated rings. The summed E-state index contributed by atoms with van der Waals surface area (Å²) in [6.07, 6.45) is 1.10. The monoisotopic (exact) mass is 290 g/mol. The van der Waals surface area contributed by atoms with Crippen LogP contribution in [0.4, 0.5) is 0 Å². The number of hydrogen-bond acceptors (Lipinski definition) is 2. The van der Waals surface area contributed by atoms with Crippen molar-refractivity contribution in [2.75, 3.05) is 13.1 Å². The number of nitrogens with zero attached hydrogens (tertiary/aromatic N) is 2. The molecule has 0 unspecified atom stereocenters. The van der Waals surface area contributed by atoms with Gasteiger partial charge in [-0.1, -0.05) is 71.8 Å². The van der Waals surface area contributed by atoms with Crippen LogP contribution in [-0.2, 0) is 0 Å². The second kappa shape index (κ2) is 6.61. The maximum Gasteiger partial charge on any atom is 0.0976 e. The van der Waals surface area contributed by atoms with Crippen molar-refractivity contribution in [2.45, 2.75) is 20.3 Å². The molecule has 2 nitrogen and oxygen atoms in total. The van der Waals surface area contributed by atoms with Crippen molar-refractivity contribution in [2.24, 2.45) is 5.10 Å². The van der Waals surface area contributed by atoms with Crippen LogP contribution in [0, 0.1) is 0 Å². The highest BCUT2D eigenvalue weighted by Crippen LogP contribution is 2.19. The van der Waals surface area contributed by atoms with Gasteiger partial charge >= 0.3 is 0 Å². The molecule has 0 bridgehead atoms. The van der Waals surface area contributed by atoms with Crippen molar-refractivity contribution in [3.8, 4) is 0 Å². The summed E-state index contributed by atoms with van der Waals surface area (Å²) < 4.78 is 0. The molecule has 0 aromatic heterocycles. The molecule has 2 heteroatoms. The Bertz CT molecular complexity index is 643. The van der Waals surface area contributed by atoms with Crippen molar-refractivity contribution in [3.63, 3.8) is 0 Å². The van der Waals surface area contributed by atoms with Crippen LogP contribution in [-0.4, -0.2) is 23.8 Å². The zero-order chi connectivity index (χ0) is 15.4. The highest BCUT2D eigenvalue weighted by Gasteiger charge is 2.14. The Labute approximate surface area is 132 Å². The van der Waals surface area contributed by atoms with Gasteiger partial charge < -0.3 is 0 Å². The average Bonchev–Trinajstić information content (AvgIpc) is 2.57. The summed E-state index contributed by atoms with van der Waals surface area (Å²) in [5.41, 5.74) is 6.33. The van der Waals surface area contributed by atoms with Gasteiger partial charge in [0.15, 0.2) is 0 Å². The van der Waals surface area contributed by atoms with Gasteiger partial charge in [0.2, 0.25) is 0 Å². The summed E-state index contributed by atoms with van der Waals surface area (Å²) in [7, 11) is 0. The quantitative estimate of drug-likeness (QED) is 0.601. The van der Waals surface area contributed by atoms with Crippen LogP contribution < -0.4 is 0 Å². The van der Waals surface area contributed by atoms with Gasteiger partial charge in [-0.2, -0.15) is 5.10 Å². The fourth-order valence-electron chi connectivity index (χ4n) is 2.70. The molecule has 2 aromatic rings. The Morgan fingerprint density at radius 2 is 1.36 bits per heavy atom. The van der Waals surface area contributed by atoms with E-state index in [4.69, 9.17) is 5.10 Å². The first-order valence-corrected chi connectivity index (χ1v) is 7.83. The molecular weight excluding hydrogens is 268 g/mol. The second-order valence-corrected chi connectivity index (χ2v) is 5.88. The Kier molecular flexibility index (Phi) is 4.38. The average molecular weight is 290 g/mol. The fraction of sp³-hybridized carbons (Fsp3) is 0.250. The summed E-state index contributed by atoms with van der Waals surface area (Å²) in [6.45, 7) is 6.36. The van der Waals surface area contributed by atoms with Gasteiger partial charge in [-0.25, -0.2) is 0 Å². The van der Waals surface area contributed by atoms with E-state index in [-0.39, 0.29) is 0 Å². The molecule has 0 N–H and O–H groups in total. The van der Waals surface area contributed by atoms with Crippen LogP contribution in [0.5, 0.6) is 0 Å². The lowest BCUT2D eigenvalue weighted by molar-refractivity contribution is 0.301. The number of hydrogen-bond donors (Lipinski definition) is 0. The first-order chi connectivity index (χ1) is 10.7. The molecule has 1 aliphatic rings. The van der Waals surface area contributed by atoms with Crippen molar-refractivity contribution < 1.29 is 0 Å². The minimum Gasteiger partial charge on any atom is -0.292 e.